The molecule has 24 heavy (non-hydrogen) atoms. The molecular formula is C19H17NO3S. The highest BCUT2D eigenvalue weighted by Crippen LogP contribution is 2.26. The summed E-state index contributed by atoms with van der Waals surface area (Å²) in [5.41, 5.74) is 0.569. The largest absolute Gasteiger partial charge is 0.457 e. The van der Waals surface area contributed by atoms with Crippen LogP contribution in [0.2, 0.25) is 0 Å². The van der Waals surface area contributed by atoms with Crippen LogP contribution in [0.4, 0.5) is 5.69 Å². The first-order valence-electron chi connectivity index (χ1n) is 7.44. The second-order valence-electron chi connectivity index (χ2n) is 5.19. The molecule has 0 aliphatic rings. The number of hydrogen-bond acceptors (Lipinski definition) is 3. The first kappa shape index (κ1) is 16.1. The average Bonchev–Trinajstić information content (AvgIpc) is 2.63. The van der Waals surface area contributed by atoms with Crippen LogP contribution in [0, 0.1) is 0 Å². The Morgan fingerprint density at radius 1 is 0.708 bits per heavy atom. The van der Waals surface area contributed by atoms with Gasteiger partial charge in [0.1, 0.15) is 11.5 Å². The molecule has 0 spiro atoms. The Morgan fingerprint density at radius 2 is 1.21 bits per heavy atom. The van der Waals surface area contributed by atoms with Crippen molar-refractivity contribution in [3.05, 3.63) is 84.9 Å². The minimum absolute atomic E-state index is 0.261. The SMILES string of the molecule is CN(c1ccc(Oc2ccccc2)cc1)S(=O)(=O)c1ccccc1. The minimum Gasteiger partial charge on any atom is -0.457 e. The van der Waals surface area contributed by atoms with Crippen molar-refractivity contribution in [2.75, 3.05) is 11.4 Å². The molecule has 3 rings (SSSR count). The molecule has 3 aromatic rings. The van der Waals surface area contributed by atoms with Gasteiger partial charge in [0.25, 0.3) is 10.0 Å². The van der Waals surface area contributed by atoms with Crippen LogP contribution in [-0.2, 0) is 10.0 Å². The summed E-state index contributed by atoms with van der Waals surface area (Å²) >= 11 is 0. The van der Waals surface area contributed by atoms with E-state index >= 15 is 0 Å². The summed E-state index contributed by atoms with van der Waals surface area (Å²) in [5, 5.41) is 0. The zero-order valence-electron chi connectivity index (χ0n) is 13.2. The molecule has 0 radical (unpaired) electrons. The Morgan fingerprint density at radius 3 is 1.79 bits per heavy atom. The van der Waals surface area contributed by atoms with E-state index in [9.17, 15) is 8.42 Å². The van der Waals surface area contributed by atoms with Crippen molar-refractivity contribution in [1.29, 1.82) is 0 Å². The molecule has 0 aromatic heterocycles. The molecule has 122 valence electrons. The zero-order chi connectivity index (χ0) is 17.0. The van der Waals surface area contributed by atoms with E-state index < -0.39 is 10.0 Å². The van der Waals surface area contributed by atoms with Crippen LogP contribution in [0.1, 0.15) is 0 Å². The normalized spacial score (nSPS) is 11.0. The molecule has 0 fully saturated rings. The van der Waals surface area contributed by atoms with Crippen molar-refractivity contribution in [2.45, 2.75) is 4.90 Å². The Balaban J connectivity index is 1.80. The molecule has 0 saturated heterocycles. The van der Waals surface area contributed by atoms with Gasteiger partial charge in [0, 0.05) is 7.05 Å². The molecule has 3 aromatic carbocycles. The number of anilines is 1. The lowest BCUT2D eigenvalue weighted by Gasteiger charge is -2.19. The monoisotopic (exact) mass is 339 g/mol. The van der Waals surface area contributed by atoms with E-state index in [0.29, 0.717) is 11.4 Å². The summed E-state index contributed by atoms with van der Waals surface area (Å²) in [6.07, 6.45) is 0. The van der Waals surface area contributed by atoms with Crippen molar-refractivity contribution in [2.24, 2.45) is 0 Å². The van der Waals surface area contributed by atoms with Gasteiger partial charge in [-0.05, 0) is 48.5 Å². The van der Waals surface area contributed by atoms with E-state index in [-0.39, 0.29) is 4.90 Å². The fourth-order valence-corrected chi connectivity index (χ4v) is 3.45. The maximum absolute atomic E-state index is 12.6. The van der Waals surface area contributed by atoms with Gasteiger partial charge in [0.15, 0.2) is 0 Å². The highest BCUT2D eigenvalue weighted by Gasteiger charge is 2.20. The van der Waals surface area contributed by atoms with Crippen LogP contribution in [0.25, 0.3) is 0 Å². The second kappa shape index (κ2) is 6.76. The third-order valence-corrected chi connectivity index (χ3v) is 5.38. The number of ether oxygens (including phenoxy) is 1. The zero-order valence-corrected chi connectivity index (χ0v) is 14.0. The average molecular weight is 339 g/mol. The van der Waals surface area contributed by atoms with Gasteiger partial charge < -0.3 is 4.74 Å². The number of nitrogens with zero attached hydrogens (tertiary/aromatic N) is 1. The lowest BCUT2D eigenvalue weighted by atomic mass is 10.3. The number of benzene rings is 3. The predicted molar refractivity (Wildman–Crippen MR) is 95.0 cm³/mol. The third-order valence-electron chi connectivity index (χ3n) is 3.58. The highest BCUT2D eigenvalue weighted by atomic mass is 32.2. The van der Waals surface area contributed by atoms with E-state index in [1.807, 2.05) is 30.3 Å². The van der Waals surface area contributed by atoms with Crippen LogP contribution < -0.4 is 9.04 Å². The maximum Gasteiger partial charge on any atom is 0.264 e. The van der Waals surface area contributed by atoms with Gasteiger partial charge in [0.05, 0.1) is 10.6 Å². The molecule has 0 bridgehead atoms. The fraction of sp³-hybridized carbons (Fsp3) is 0.0526. The van der Waals surface area contributed by atoms with Crippen molar-refractivity contribution < 1.29 is 13.2 Å². The molecule has 0 saturated carbocycles. The van der Waals surface area contributed by atoms with E-state index in [2.05, 4.69) is 0 Å². The van der Waals surface area contributed by atoms with Crippen LogP contribution in [0.5, 0.6) is 11.5 Å². The summed E-state index contributed by atoms with van der Waals surface area (Å²) < 4.78 is 32.2. The smallest absolute Gasteiger partial charge is 0.264 e. The van der Waals surface area contributed by atoms with Crippen molar-refractivity contribution in [3.63, 3.8) is 0 Å². The summed E-state index contributed by atoms with van der Waals surface area (Å²) in [5.74, 6) is 1.38. The summed E-state index contributed by atoms with van der Waals surface area (Å²) in [6, 6.07) is 24.7. The Labute approximate surface area is 142 Å². The van der Waals surface area contributed by atoms with Gasteiger partial charge in [-0.1, -0.05) is 36.4 Å². The molecular weight excluding hydrogens is 322 g/mol. The van der Waals surface area contributed by atoms with Crippen LogP contribution in [-0.4, -0.2) is 15.5 Å². The summed E-state index contributed by atoms with van der Waals surface area (Å²) in [4.78, 5) is 0.261. The molecule has 0 aliphatic heterocycles. The topological polar surface area (TPSA) is 46.6 Å². The standard InChI is InChI=1S/C19H17NO3S/c1-20(24(21,22)19-10-6-3-7-11-19)16-12-14-18(15-13-16)23-17-8-4-2-5-9-17/h2-15H,1H3. The van der Waals surface area contributed by atoms with Crippen molar-refractivity contribution in [1.82, 2.24) is 0 Å². The van der Waals surface area contributed by atoms with Crippen LogP contribution in [0.3, 0.4) is 0 Å². The first-order valence-corrected chi connectivity index (χ1v) is 8.88. The maximum atomic E-state index is 12.6. The van der Waals surface area contributed by atoms with Gasteiger partial charge >= 0.3 is 0 Å². The summed E-state index contributed by atoms with van der Waals surface area (Å²) in [6.45, 7) is 0. The van der Waals surface area contributed by atoms with Gasteiger partial charge in [-0.3, -0.25) is 4.31 Å². The quantitative estimate of drug-likeness (QED) is 0.696. The minimum atomic E-state index is -3.57. The number of rotatable bonds is 5. The molecule has 4 nitrogen and oxygen atoms in total. The van der Waals surface area contributed by atoms with E-state index in [4.69, 9.17) is 4.74 Å². The predicted octanol–water partition coefficient (Wildman–Crippen LogP) is 4.30. The number of para-hydroxylation sites is 1. The Hall–Kier alpha value is -2.79. The highest BCUT2D eigenvalue weighted by molar-refractivity contribution is 7.92. The van der Waals surface area contributed by atoms with Gasteiger partial charge in [-0.25, -0.2) is 8.42 Å². The summed E-state index contributed by atoms with van der Waals surface area (Å²) in [7, 11) is -2.03. The van der Waals surface area contributed by atoms with E-state index in [1.54, 1.807) is 54.6 Å². The molecule has 0 N–H and O–H groups in total. The van der Waals surface area contributed by atoms with Crippen molar-refractivity contribution >= 4 is 15.7 Å². The number of hydrogen-bond donors (Lipinski definition) is 0. The van der Waals surface area contributed by atoms with Crippen LogP contribution >= 0.6 is 0 Å². The van der Waals surface area contributed by atoms with Crippen LogP contribution in [0.15, 0.2) is 89.8 Å². The van der Waals surface area contributed by atoms with Gasteiger partial charge in [0.2, 0.25) is 0 Å². The molecule has 0 atom stereocenters. The Kier molecular flexibility index (Phi) is 4.53. The van der Waals surface area contributed by atoms with Gasteiger partial charge in [-0.15, -0.1) is 0 Å². The fourth-order valence-electron chi connectivity index (χ4n) is 2.24. The molecule has 0 aliphatic carbocycles. The van der Waals surface area contributed by atoms with Gasteiger partial charge in [-0.2, -0.15) is 0 Å². The molecule has 0 unspecified atom stereocenters. The molecule has 0 heterocycles. The molecule has 5 heteroatoms. The number of sulfonamides is 1. The lowest BCUT2D eigenvalue weighted by molar-refractivity contribution is 0.482. The van der Waals surface area contributed by atoms with E-state index in [0.717, 1.165) is 5.75 Å². The third kappa shape index (κ3) is 3.41. The molecule has 0 amide bonds. The van der Waals surface area contributed by atoms with E-state index in [1.165, 1.54) is 11.4 Å². The van der Waals surface area contributed by atoms with Crippen molar-refractivity contribution in [3.8, 4) is 11.5 Å². The Bertz CT molecular complexity index is 892. The second-order valence-corrected chi connectivity index (χ2v) is 7.16. The lowest BCUT2D eigenvalue weighted by Crippen LogP contribution is -2.26. The first-order chi connectivity index (χ1) is 11.6.